The van der Waals surface area contributed by atoms with Gasteiger partial charge in [0, 0.05) is 19.6 Å². The van der Waals surface area contributed by atoms with E-state index in [1.54, 1.807) is 13.2 Å². The number of rotatable bonds is 13. The lowest BCUT2D eigenvalue weighted by Crippen LogP contribution is -2.49. The number of aliphatic hydroxyl groups excluding tert-OH is 1. The Hall–Kier alpha value is -3.15. The predicted octanol–water partition coefficient (Wildman–Crippen LogP) is 5.54. The van der Waals surface area contributed by atoms with Gasteiger partial charge in [0.25, 0.3) is 5.91 Å². The summed E-state index contributed by atoms with van der Waals surface area (Å²) in [4.78, 5) is 13.7. The molecular formula is C32H42FN3O5S. The van der Waals surface area contributed by atoms with Crippen LogP contribution in [0.4, 0.5) is 10.1 Å². The Balaban J connectivity index is 1.56. The minimum absolute atomic E-state index is 0.0333. The van der Waals surface area contributed by atoms with Crippen molar-refractivity contribution in [2.75, 3.05) is 30.3 Å². The quantitative estimate of drug-likeness (QED) is 0.175. The first kappa shape index (κ1) is 31.8. The van der Waals surface area contributed by atoms with Crippen molar-refractivity contribution in [2.24, 2.45) is 0 Å². The second kappa shape index (κ2) is 14.8. The molecule has 0 bridgehead atoms. The molecule has 10 heteroatoms. The number of aryl methyl sites for hydroxylation is 1. The van der Waals surface area contributed by atoms with Crippen LogP contribution in [-0.2, 0) is 19.4 Å². The number of amides is 1. The molecule has 2 atom stereocenters. The number of nitrogens with zero attached hydrogens (tertiary/aromatic N) is 1. The van der Waals surface area contributed by atoms with Crippen molar-refractivity contribution in [2.45, 2.75) is 57.7 Å². The highest BCUT2D eigenvalue weighted by Gasteiger charge is 2.32. The minimum Gasteiger partial charge on any atom is -0.497 e. The fraction of sp³-hybridized carbons (Fsp3) is 0.406. The van der Waals surface area contributed by atoms with Crippen molar-refractivity contribution in [1.82, 2.24) is 10.6 Å². The average molecular weight is 600 g/mol. The Kier molecular flexibility index (Phi) is 11.2. The largest absolute Gasteiger partial charge is 0.497 e. The van der Waals surface area contributed by atoms with Gasteiger partial charge in [0.05, 0.1) is 36.3 Å². The second-order valence-corrected chi connectivity index (χ2v) is 12.8. The van der Waals surface area contributed by atoms with Crippen LogP contribution in [0.15, 0.2) is 66.7 Å². The smallest absolute Gasteiger partial charge is 0.254 e. The van der Waals surface area contributed by atoms with Gasteiger partial charge in [-0.15, -0.1) is 10.8 Å². The zero-order valence-electron chi connectivity index (χ0n) is 24.3. The maximum atomic E-state index is 16.0. The van der Waals surface area contributed by atoms with Crippen molar-refractivity contribution < 1.29 is 28.1 Å². The van der Waals surface area contributed by atoms with Crippen LogP contribution in [0.1, 0.15) is 53.2 Å². The number of halogens is 1. The predicted molar refractivity (Wildman–Crippen MR) is 167 cm³/mol. The van der Waals surface area contributed by atoms with Crippen molar-refractivity contribution in [3.05, 3.63) is 94.8 Å². The molecule has 1 aliphatic heterocycles. The highest BCUT2D eigenvalue weighted by molar-refractivity contribution is 8.25. The molecule has 5 N–H and O–H groups in total. The summed E-state index contributed by atoms with van der Waals surface area (Å²) in [5, 5.41) is 17.3. The molecule has 1 amide bonds. The number of hydrogen-bond acceptors (Lipinski definition) is 7. The maximum Gasteiger partial charge on any atom is 0.254 e. The van der Waals surface area contributed by atoms with Crippen LogP contribution < -0.4 is 19.7 Å². The third-order valence-corrected chi connectivity index (χ3v) is 9.37. The molecule has 0 radical (unpaired) electrons. The van der Waals surface area contributed by atoms with Crippen molar-refractivity contribution >= 4 is 22.4 Å². The topological polar surface area (TPSA) is 114 Å². The molecule has 228 valence electrons. The lowest BCUT2D eigenvalue weighted by molar-refractivity contribution is 0.0826. The molecule has 8 nitrogen and oxygen atoms in total. The molecule has 3 aromatic carbocycles. The van der Waals surface area contributed by atoms with Crippen LogP contribution in [0.3, 0.4) is 0 Å². The van der Waals surface area contributed by atoms with E-state index in [-0.39, 0.29) is 23.5 Å². The van der Waals surface area contributed by atoms with Crippen molar-refractivity contribution in [3.63, 3.8) is 0 Å². The van der Waals surface area contributed by atoms with E-state index >= 15 is 4.39 Å². The van der Waals surface area contributed by atoms with Gasteiger partial charge in [0.15, 0.2) is 5.82 Å². The van der Waals surface area contributed by atoms with Gasteiger partial charge in [-0.25, -0.2) is 4.39 Å². The lowest BCUT2D eigenvalue weighted by atomic mass is 9.99. The van der Waals surface area contributed by atoms with E-state index in [1.807, 2.05) is 61.5 Å². The molecular weight excluding hydrogens is 557 g/mol. The zero-order chi connectivity index (χ0) is 30.1. The first-order chi connectivity index (χ1) is 20.2. The molecule has 4 rings (SSSR count). The fourth-order valence-electron chi connectivity index (χ4n) is 5.22. The third-order valence-electron chi connectivity index (χ3n) is 7.44. The van der Waals surface area contributed by atoms with Gasteiger partial charge in [0.2, 0.25) is 0 Å². The van der Waals surface area contributed by atoms with E-state index in [0.29, 0.717) is 38.8 Å². The Morgan fingerprint density at radius 1 is 1.05 bits per heavy atom. The SMILES string of the molecule is CCCc1cc(C(=O)N[C@@H](Cc2ccccc2)[C@H](O)CNCc2cccc(OC)c2)c(F)c(N2CCCCS2(O)O)c1. The van der Waals surface area contributed by atoms with E-state index in [2.05, 4.69) is 10.6 Å². The fourth-order valence-corrected chi connectivity index (χ4v) is 6.90. The van der Waals surface area contributed by atoms with Crippen LogP contribution in [0.25, 0.3) is 0 Å². The summed E-state index contributed by atoms with van der Waals surface area (Å²) in [6, 6.07) is 19.5. The van der Waals surface area contributed by atoms with E-state index < -0.39 is 34.6 Å². The molecule has 0 spiro atoms. The molecule has 0 aliphatic carbocycles. The number of hydrogen-bond donors (Lipinski definition) is 5. The number of benzene rings is 3. The lowest BCUT2D eigenvalue weighted by Gasteiger charge is -2.47. The van der Waals surface area contributed by atoms with Crippen LogP contribution in [-0.4, -0.2) is 58.2 Å². The standard InChI is InChI=1S/C32H42FN3O5S/c1-3-10-24-18-27(31(33)29(20-24)36-15-7-8-16-42(36,39)40)32(38)35-28(19-23-11-5-4-6-12-23)30(37)22-34-21-25-13-9-14-26(17-25)41-2/h4-6,9,11-14,17-18,20,28,30,34,37,39-40H,3,7-8,10,15-16,19,21-22H2,1-2H3,(H,35,38)/t28-,30+/m0/s1. The first-order valence-corrected chi connectivity index (χ1v) is 16.1. The number of anilines is 1. The molecule has 0 saturated carbocycles. The molecule has 1 fully saturated rings. The number of ether oxygens (including phenoxy) is 1. The maximum absolute atomic E-state index is 16.0. The van der Waals surface area contributed by atoms with Gasteiger partial charge >= 0.3 is 0 Å². The molecule has 42 heavy (non-hydrogen) atoms. The zero-order valence-corrected chi connectivity index (χ0v) is 25.1. The van der Waals surface area contributed by atoms with Gasteiger partial charge in [-0.1, -0.05) is 55.8 Å². The van der Waals surface area contributed by atoms with E-state index in [4.69, 9.17) is 4.74 Å². The Morgan fingerprint density at radius 3 is 2.52 bits per heavy atom. The van der Waals surface area contributed by atoms with Gasteiger partial charge in [-0.2, -0.15) is 0 Å². The number of methoxy groups -OCH3 is 1. The number of carbonyl (C=O) groups is 1. The highest BCUT2D eigenvalue weighted by atomic mass is 32.3. The molecule has 0 unspecified atom stereocenters. The van der Waals surface area contributed by atoms with E-state index in [0.717, 1.165) is 28.9 Å². The van der Waals surface area contributed by atoms with Crippen LogP contribution in [0.2, 0.25) is 0 Å². The second-order valence-electron chi connectivity index (χ2n) is 10.7. The summed E-state index contributed by atoms with van der Waals surface area (Å²) >= 11 is 0. The third kappa shape index (κ3) is 8.23. The van der Waals surface area contributed by atoms with Gasteiger partial charge < -0.3 is 20.5 Å². The summed E-state index contributed by atoms with van der Waals surface area (Å²) in [6.07, 6.45) is 2.08. The Labute approximate surface area is 249 Å². The Morgan fingerprint density at radius 2 is 1.81 bits per heavy atom. The molecule has 3 aromatic rings. The molecule has 1 saturated heterocycles. The Bertz CT molecular complexity index is 1330. The number of nitrogens with one attached hydrogen (secondary N) is 2. The summed E-state index contributed by atoms with van der Waals surface area (Å²) in [6.45, 7) is 2.96. The van der Waals surface area contributed by atoms with E-state index in [9.17, 15) is 19.0 Å². The summed E-state index contributed by atoms with van der Waals surface area (Å²) in [5.41, 5.74) is 2.49. The normalized spacial score (nSPS) is 16.9. The van der Waals surface area contributed by atoms with Gasteiger partial charge in [-0.05, 0) is 66.6 Å². The van der Waals surface area contributed by atoms with Gasteiger partial charge in [-0.3, -0.25) is 18.2 Å². The van der Waals surface area contributed by atoms with Crippen LogP contribution >= 0.6 is 10.8 Å². The van der Waals surface area contributed by atoms with Crippen LogP contribution in [0.5, 0.6) is 5.75 Å². The van der Waals surface area contributed by atoms with E-state index in [1.165, 1.54) is 10.4 Å². The average Bonchev–Trinajstić information content (AvgIpc) is 2.98. The summed E-state index contributed by atoms with van der Waals surface area (Å²) in [5.74, 6) is -0.548. The summed E-state index contributed by atoms with van der Waals surface area (Å²) < 4.78 is 44.0. The number of carbonyl (C=O) groups excluding carboxylic acids is 1. The molecule has 1 aliphatic rings. The molecule has 0 aromatic heterocycles. The highest BCUT2D eigenvalue weighted by Crippen LogP contribution is 2.50. The number of aliphatic hydroxyl groups is 1. The summed E-state index contributed by atoms with van der Waals surface area (Å²) in [7, 11) is -1.58. The van der Waals surface area contributed by atoms with Crippen molar-refractivity contribution in [3.8, 4) is 5.75 Å². The van der Waals surface area contributed by atoms with Crippen LogP contribution in [0, 0.1) is 5.82 Å². The minimum atomic E-state index is -3.18. The van der Waals surface area contributed by atoms with Crippen molar-refractivity contribution in [1.29, 1.82) is 0 Å². The first-order valence-electron chi connectivity index (χ1n) is 14.4. The van der Waals surface area contributed by atoms with Gasteiger partial charge in [0.1, 0.15) is 5.75 Å². The monoisotopic (exact) mass is 599 g/mol. The molecule has 1 heterocycles.